The lowest BCUT2D eigenvalue weighted by molar-refractivity contribution is 0.0633. The van der Waals surface area contributed by atoms with Crippen molar-refractivity contribution in [1.82, 2.24) is 9.80 Å². The number of carbonyl (C=O) groups excluding carboxylic acids is 1. The summed E-state index contributed by atoms with van der Waals surface area (Å²) in [6.07, 6.45) is 1.22. The molecule has 20 heavy (non-hydrogen) atoms. The normalized spacial score (nSPS) is 16.6. The Labute approximate surface area is 121 Å². The maximum Gasteiger partial charge on any atom is 0.256 e. The first-order chi connectivity index (χ1) is 9.58. The highest BCUT2D eigenvalue weighted by atomic mass is 16.2. The summed E-state index contributed by atoms with van der Waals surface area (Å²) in [5, 5.41) is 0. The van der Waals surface area contributed by atoms with Crippen LogP contribution in [0.15, 0.2) is 24.3 Å². The molecule has 1 saturated heterocycles. The molecule has 2 N–H and O–H groups in total. The van der Waals surface area contributed by atoms with Gasteiger partial charge in [-0.3, -0.25) is 9.69 Å². The third kappa shape index (κ3) is 3.73. The molecule has 1 aromatic carbocycles. The zero-order valence-corrected chi connectivity index (χ0v) is 12.5. The highest BCUT2D eigenvalue weighted by Gasteiger charge is 2.22. The minimum Gasteiger partial charge on any atom is -0.398 e. The molecule has 1 fully saturated rings. The molecule has 2 rings (SSSR count). The number of hydrogen-bond acceptors (Lipinski definition) is 3. The minimum absolute atomic E-state index is 0.0617. The van der Waals surface area contributed by atoms with Gasteiger partial charge in [0.2, 0.25) is 0 Å². The molecule has 1 amide bonds. The van der Waals surface area contributed by atoms with Crippen LogP contribution in [-0.4, -0.2) is 48.4 Å². The van der Waals surface area contributed by atoms with Crippen LogP contribution in [0.1, 0.15) is 30.6 Å². The van der Waals surface area contributed by atoms with Crippen molar-refractivity contribution in [3.63, 3.8) is 0 Å². The summed E-state index contributed by atoms with van der Waals surface area (Å²) in [6, 6.07) is 7.31. The van der Waals surface area contributed by atoms with Crippen LogP contribution in [0.25, 0.3) is 0 Å². The number of nitrogens with two attached hydrogens (primary N) is 1. The van der Waals surface area contributed by atoms with Crippen LogP contribution in [0, 0.1) is 5.92 Å². The Balaban J connectivity index is 1.88. The number of anilines is 1. The summed E-state index contributed by atoms with van der Waals surface area (Å²) in [6.45, 7) is 9.15. The molecule has 0 saturated carbocycles. The maximum absolute atomic E-state index is 12.4. The molecule has 0 atom stereocenters. The molecule has 0 aliphatic carbocycles. The van der Waals surface area contributed by atoms with Crippen molar-refractivity contribution in [3.8, 4) is 0 Å². The van der Waals surface area contributed by atoms with Gasteiger partial charge in [-0.1, -0.05) is 26.0 Å². The molecule has 1 aliphatic rings. The van der Waals surface area contributed by atoms with E-state index in [2.05, 4.69) is 18.7 Å². The van der Waals surface area contributed by atoms with Crippen LogP contribution in [0.3, 0.4) is 0 Å². The molecular weight excluding hydrogens is 250 g/mol. The first-order valence-corrected chi connectivity index (χ1v) is 7.44. The van der Waals surface area contributed by atoms with Crippen molar-refractivity contribution < 1.29 is 4.79 Å². The van der Waals surface area contributed by atoms with Crippen LogP contribution in [0.2, 0.25) is 0 Å². The summed E-state index contributed by atoms with van der Waals surface area (Å²) >= 11 is 0. The third-order valence-corrected chi connectivity index (χ3v) is 3.87. The van der Waals surface area contributed by atoms with E-state index >= 15 is 0 Å². The second kappa shape index (κ2) is 6.75. The quantitative estimate of drug-likeness (QED) is 0.856. The second-order valence-electron chi connectivity index (χ2n) is 5.90. The lowest BCUT2D eigenvalue weighted by Gasteiger charge is -2.35. The summed E-state index contributed by atoms with van der Waals surface area (Å²) in [5.41, 5.74) is 7.08. The van der Waals surface area contributed by atoms with Crippen LogP contribution >= 0.6 is 0 Å². The summed E-state index contributed by atoms with van der Waals surface area (Å²) in [7, 11) is 0. The van der Waals surface area contributed by atoms with Gasteiger partial charge in [0.25, 0.3) is 5.91 Å². The summed E-state index contributed by atoms with van der Waals surface area (Å²) in [4.78, 5) is 16.8. The number of rotatable bonds is 4. The Bertz CT molecular complexity index is 451. The van der Waals surface area contributed by atoms with E-state index in [0.717, 1.165) is 38.6 Å². The molecule has 0 bridgehead atoms. The fourth-order valence-electron chi connectivity index (χ4n) is 2.48. The van der Waals surface area contributed by atoms with Gasteiger partial charge < -0.3 is 10.6 Å². The first-order valence-electron chi connectivity index (χ1n) is 7.44. The topological polar surface area (TPSA) is 49.6 Å². The van der Waals surface area contributed by atoms with Gasteiger partial charge >= 0.3 is 0 Å². The van der Waals surface area contributed by atoms with Crippen molar-refractivity contribution >= 4 is 11.6 Å². The first kappa shape index (κ1) is 14.9. The Morgan fingerprint density at radius 1 is 1.20 bits per heavy atom. The van der Waals surface area contributed by atoms with Gasteiger partial charge in [0.1, 0.15) is 0 Å². The monoisotopic (exact) mass is 275 g/mol. The number of hydrogen-bond donors (Lipinski definition) is 1. The second-order valence-corrected chi connectivity index (χ2v) is 5.90. The van der Waals surface area contributed by atoms with Gasteiger partial charge in [0, 0.05) is 31.9 Å². The molecule has 0 unspecified atom stereocenters. The predicted molar refractivity (Wildman–Crippen MR) is 82.7 cm³/mol. The van der Waals surface area contributed by atoms with E-state index in [1.165, 1.54) is 6.42 Å². The van der Waals surface area contributed by atoms with Crippen molar-refractivity contribution in [2.24, 2.45) is 5.92 Å². The van der Waals surface area contributed by atoms with E-state index in [1.807, 2.05) is 23.1 Å². The number of benzene rings is 1. The lowest BCUT2D eigenvalue weighted by atomic mass is 10.1. The van der Waals surface area contributed by atoms with Gasteiger partial charge in [0.05, 0.1) is 5.56 Å². The molecule has 4 heteroatoms. The summed E-state index contributed by atoms with van der Waals surface area (Å²) in [5.74, 6) is 0.797. The molecule has 1 aromatic rings. The average Bonchev–Trinajstić information content (AvgIpc) is 2.45. The molecule has 4 nitrogen and oxygen atoms in total. The Kier molecular flexibility index (Phi) is 5.01. The van der Waals surface area contributed by atoms with E-state index < -0.39 is 0 Å². The van der Waals surface area contributed by atoms with Crippen molar-refractivity contribution in [2.45, 2.75) is 20.3 Å². The van der Waals surface area contributed by atoms with E-state index in [1.54, 1.807) is 6.07 Å². The van der Waals surface area contributed by atoms with E-state index in [4.69, 9.17) is 5.73 Å². The van der Waals surface area contributed by atoms with Gasteiger partial charge in [-0.05, 0) is 31.0 Å². The highest BCUT2D eigenvalue weighted by molar-refractivity contribution is 5.99. The molecule has 0 aromatic heterocycles. The molecule has 1 heterocycles. The Morgan fingerprint density at radius 3 is 2.45 bits per heavy atom. The number of carbonyl (C=O) groups is 1. The lowest BCUT2D eigenvalue weighted by Crippen LogP contribution is -2.49. The Hall–Kier alpha value is -1.55. The van der Waals surface area contributed by atoms with Crippen LogP contribution in [0.4, 0.5) is 5.69 Å². The number of amides is 1. The van der Waals surface area contributed by atoms with E-state index in [-0.39, 0.29) is 5.91 Å². The highest BCUT2D eigenvalue weighted by Crippen LogP contribution is 2.15. The van der Waals surface area contributed by atoms with Crippen molar-refractivity contribution in [1.29, 1.82) is 0 Å². The Morgan fingerprint density at radius 2 is 1.85 bits per heavy atom. The van der Waals surface area contributed by atoms with Gasteiger partial charge in [-0.25, -0.2) is 0 Å². The van der Waals surface area contributed by atoms with E-state index in [0.29, 0.717) is 11.3 Å². The zero-order valence-electron chi connectivity index (χ0n) is 12.5. The molecule has 0 spiro atoms. The largest absolute Gasteiger partial charge is 0.398 e. The van der Waals surface area contributed by atoms with E-state index in [9.17, 15) is 4.79 Å². The third-order valence-electron chi connectivity index (χ3n) is 3.87. The van der Waals surface area contributed by atoms with Crippen molar-refractivity contribution in [2.75, 3.05) is 38.5 Å². The van der Waals surface area contributed by atoms with Crippen LogP contribution < -0.4 is 5.73 Å². The molecule has 0 radical (unpaired) electrons. The van der Waals surface area contributed by atoms with Crippen LogP contribution in [0.5, 0.6) is 0 Å². The number of nitrogen functional groups attached to an aromatic ring is 1. The van der Waals surface area contributed by atoms with Gasteiger partial charge in [-0.2, -0.15) is 0 Å². The minimum atomic E-state index is 0.0617. The number of nitrogens with zero attached hydrogens (tertiary/aromatic N) is 2. The fraction of sp³-hybridized carbons (Fsp3) is 0.562. The van der Waals surface area contributed by atoms with Gasteiger partial charge in [-0.15, -0.1) is 0 Å². The SMILES string of the molecule is CC(C)CCN1CCN(C(=O)c2ccccc2N)CC1. The molecular formula is C16H25N3O. The molecule has 110 valence electrons. The smallest absolute Gasteiger partial charge is 0.256 e. The fourth-order valence-corrected chi connectivity index (χ4v) is 2.48. The average molecular weight is 275 g/mol. The zero-order chi connectivity index (χ0) is 14.5. The van der Waals surface area contributed by atoms with Gasteiger partial charge in [0.15, 0.2) is 0 Å². The standard InChI is InChI=1S/C16H25N3O/c1-13(2)7-8-18-9-11-19(12-10-18)16(20)14-5-3-4-6-15(14)17/h3-6,13H,7-12,17H2,1-2H3. The maximum atomic E-state index is 12.4. The predicted octanol–water partition coefficient (Wildman–Crippen LogP) is 2.07. The summed E-state index contributed by atoms with van der Waals surface area (Å²) < 4.78 is 0. The molecule has 1 aliphatic heterocycles. The van der Waals surface area contributed by atoms with Crippen LogP contribution in [-0.2, 0) is 0 Å². The number of para-hydroxylation sites is 1. The van der Waals surface area contributed by atoms with Crippen molar-refractivity contribution in [3.05, 3.63) is 29.8 Å². The number of piperazine rings is 1.